The van der Waals surface area contributed by atoms with Crippen molar-refractivity contribution in [1.29, 1.82) is 0 Å². The molecule has 0 spiro atoms. The minimum absolute atomic E-state index is 0.0100. The molecule has 0 saturated carbocycles. The van der Waals surface area contributed by atoms with Crippen LogP contribution in [0.2, 0.25) is 0 Å². The standard InChI is InChI=1S/C12H26N2O2/c1-11(2,7-8-13)6-5-10(16)14-12(3,4)9-15/h15H,5-9,13H2,1-4H3,(H,14,16). The molecule has 4 nitrogen and oxygen atoms in total. The first-order chi connectivity index (χ1) is 7.22. The topological polar surface area (TPSA) is 75.4 Å². The second-order valence-electron chi connectivity index (χ2n) is 5.79. The van der Waals surface area contributed by atoms with Crippen LogP contribution in [0.25, 0.3) is 0 Å². The summed E-state index contributed by atoms with van der Waals surface area (Å²) in [5, 5.41) is 11.8. The predicted molar refractivity (Wildman–Crippen MR) is 66.0 cm³/mol. The average molecular weight is 230 g/mol. The van der Waals surface area contributed by atoms with E-state index in [1.807, 2.05) is 0 Å². The van der Waals surface area contributed by atoms with Crippen molar-refractivity contribution in [3.8, 4) is 0 Å². The van der Waals surface area contributed by atoms with Crippen LogP contribution >= 0.6 is 0 Å². The molecule has 0 aliphatic heterocycles. The highest BCUT2D eigenvalue weighted by Gasteiger charge is 2.22. The summed E-state index contributed by atoms with van der Waals surface area (Å²) in [5.41, 5.74) is 5.08. The van der Waals surface area contributed by atoms with E-state index in [2.05, 4.69) is 19.2 Å². The van der Waals surface area contributed by atoms with Crippen LogP contribution < -0.4 is 11.1 Å². The van der Waals surface area contributed by atoms with Gasteiger partial charge in [-0.2, -0.15) is 0 Å². The first-order valence-electron chi connectivity index (χ1n) is 5.84. The van der Waals surface area contributed by atoms with Gasteiger partial charge in [-0.05, 0) is 38.6 Å². The van der Waals surface area contributed by atoms with E-state index in [1.165, 1.54) is 0 Å². The minimum Gasteiger partial charge on any atom is -0.394 e. The fraction of sp³-hybridized carbons (Fsp3) is 0.917. The monoisotopic (exact) mass is 230 g/mol. The Morgan fingerprint density at radius 2 is 1.81 bits per heavy atom. The van der Waals surface area contributed by atoms with Gasteiger partial charge in [-0.3, -0.25) is 4.79 Å². The highest BCUT2D eigenvalue weighted by molar-refractivity contribution is 5.76. The second kappa shape index (κ2) is 6.21. The van der Waals surface area contributed by atoms with Gasteiger partial charge in [0.15, 0.2) is 0 Å². The quantitative estimate of drug-likeness (QED) is 0.611. The average Bonchev–Trinajstić information content (AvgIpc) is 2.14. The van der Waals surface area contributed by atoms with Crippen molar-refractivity contribution in [2.24, 2.45) is 11.1 Å². The molecule has 0 bridgehead atoms. The number of carbonyl (C=O) groups excluding carboxylic acids is 1. The maximum atomic E-state index is 11.6. The molecule has 0 saturated heterocycles. The summed E-state index contributed by atoms with van der Waals surface area (Å²) in [6, 6.07) is 0. The number of hydrogen-bond acceptors (Lipinski definition) is 3. The minimum atomic E-state index is -0.533. The first-order valence-corrected chi connectivity index (χ1v) is 5.84. The van der Waals surface area contributed by atoms with Gasteiger partial charge in [-0.15, -0.1) is 0 Å². The molecule has 0 aromatic carbocycles. The van der Waals surface area contributed by atoms with Gasteiger partial charge >= 0.3 is 0 Å². The van der Waals surface area contributed by atoms with Crippen LogP contribution in [-0.2, 0) is 4.79 Å². The van der Waals surface area contributed by atoms with Crippen molar-refractivity contribution in [3.05, 3.63) is 0 Å². The maximum absolute atomic E-state index is 11.6. The zero-order valence-electron chi connectivity index (χ0n) is 11.0. The van der Waals surface area contributed by atoms with Crippen LogP contribution in [0.4, 0.5) is 0 Å². The Balaban J connectivity index is 3.99. The van der Waals surface area contributed by atoms with Gasteiger partial charge in [0.1, 0.15) is 0 Å². The molecule has 4 heteroatoms. The molecular formula is C12H26N2O2. The Morgan fingerprint density at radius 1 is 1.25 bits per heavy atom. The van der Waals surface area contributed by atoms with E-state index in [4.69, 9.17) is 10.8 Å². The molecular weight excluding hydrogens is 204 g/mol. The molecule has 0 heterocycles. The van der Waals surface area contributed by atoms with E-state index in [0.717, 1.165) is 12.8 Å². The highest BCUT2D eigenvalue weighted by atomic mass is 16.3. The Labute approximate surface area is 98.6 Å². The van der Waals surface area contributed by atoms with Crippen molar-refractivity contribution in [1.82, 2.24) is 5.32 Å². The Bertz CT molecular complexity index is 225. The van der Waals surface area contributed by atoms with E-state index in [0.29, 0.717) is 13.0 Å². The van der Waals surface area contributed by atoms with Crippen LogP contribution in [0, 0.1) is 5.41 Å². The number of aliphatic hydroxyl groups is 1. The molecule has 0 unspecified atom stereocenters. The third-order valence-corrected chi connectivity index (χ3v) is 2.72. The van der Waals surface area contributed by atoms with Gasteiger partial charge < -0.3 is 16.2 Å². The summed E-state index contributed by atoms with van der Waals surface area (Å²) >= 11 is 0. The normalized spacial score (nSPS) is 12.6. The SMILES string of the molecule is CC(C)(CCN)CCC(=O)NC(C)(C)CO. The van der Waals surface area contributed by atoms with Crippen molar-refractivity contribution in [3.63, 3.8) is 0 Å². The van der Waals surface area contributed by atoms with Gasteiger partial charge in [0.05, 0.1) is 12.1 Å². The van der Waals surface area contributed by atoms with Gasteiger partial charge in [-0.25, -0.2) is 0 Å². The second-order valence-corrected chi connectivity index (χ2v) is 5.79. The molecule has 0 fully saturated rings. The number of rotatable bonds is 7. The van der Waals surface area contributed by atoms with Crippen LogP contribution in [0.3, 0.4) is 0 Å². The number of carbonyl (C=O) groups is 1. The summed E-state index contributed by atoms with van der Waals surface area (Å²) < 4.78 is 0. The predicted octanol–water partition coefficient (Wildman–Crippen LogP) is 1.03. The lowest BCUT2D eigenvalue weighted by Crippen LogP contribution is -2.46. The van der Waals surface area contributed by atoms with Gasteiger partial charge in [0, 0.05) is 6.42 Å². The zero-order chi connectivity index (χ0) is 12.8. The van der Waals surface area contributed by atoms with Crippen LogP contribution in [0.1, 0.15) is 47.0 Å². The van der Waals surface area contributed by atoms with E-state index in [9.17, 15) is 4.79 Å². The molecule has 1 amide bonds. The third-order valence-electron chi connectivity index (χ3n) is 2.72. The van der Waals surface area contributed by atoms with Crippen LogP contribution in [0.15, 0.2) is 0 Å². The number of nitrogens with one attached hydrogen (secondary N) is 1. The van der Waals surface area contributed by atoms with Crippen molar-refractivity contribution in [2.45, 2.75) is 52.5 Å². The Hall–Kier alpha value is -0.610. The zero-order valence-corrected chi connectivity index (χ0v) is 11.0. The van der Waals surface area contributed by atoms with Crippen LogP contribution in [-0.4, -0.2) is 29.7 Å². The third kappa shape index (κ3) is 6.80. The lowest BCUT2D eigenvalue weighted by molar-refractivity contribution is -0.123. The van der Waals surface area contributed by atoms with Crippen molar-refractivity contribution >= 4 is 5.91 Å². The molecule has 0 atom stereocenters. The molecule has 0 rings (SSSR count). The summed E-state index contributed by atoms with van der Waals surface area (Å²) in [6.45, 7) is 8.43. The molecule has 16 heavy (non-hydrogen) atoms. The number of amides is 1. The van der Waals surface area contributed by atoms with Gasteiger partial charge in [-0.1, -0.05) is 13.8 Å². The van der Waals surface area contributed by atoms with E-state index in [1.54, 1.807) is 13.8 Å². The number of hydrogen-bond donors (Lipinski definition) is 3. The summed E-state index contributed by atoms with van der Waals surface area (Å²) in [5.74, 6) is -0.0100. The molecule has 0 aliphatic carbocycles. The lowest BCUT2D eigenvalue weighted by atomic mass is 9.84. The fourth-order valence-corrected chi connectivity index (χ4v) is 1.45. The lowest BCUT2D eigenvalue weighted by Gasteiger charge is -2.26. The molecule has 0 radical (unpaired) electrons. The largest absolute Gasteiger partial charge is 0.394 e. The molecule has 0 aromatic rings. The van der Waals surface area contributed by atoms with Crippen LogP contribution in [0.5, 0.6) is 0 Å². The smallest absolute Gasteiger partial charge is 0.220 e. The Morgan fingerprint density at radius 3 is 2.25 bits per heavy atom. The van der Waals surface area contributed by atoms with Gasteiger partial charge in [0.2, 0.25) is 5.91 Å². The maximum Gasteiger partial charge on any atom is 0.220 e. The number of aliphatic hydroxyl groups excluding tert-OH is 1. The van der Waals surface area contributed by atoms with E-state index in [-0.39, 0.29) is 17.9 Å². The number of nitrogens with two attached hydrogens (primary N) is 1. The molecule has 0 aromatic heterocycles. The molecule has 96 valence electrons. The summed E-state index contributed by atoms with van der Waals surface area (Å²) in [7, 11) is 0. The first kappa shape index (κ1) is 15.4. The van der Waals surface area contributed by atoms with Crippen molar-refractivity contribution < 1.29 is 9.90 Å². The van der Waals surface area contributed by atoms with E-state index >= 15 is 0 Å². The molecule has 4 N–H and O–H groups in total. The highest BCUT2D eigenvalue weighted by Crippen LogP contribution is 2.25. The summed E-state index contributed by atoms with van der Waals surface area (Å²) in [6.07, 6.45) is 2.22. The Kier molecular flexibility index (Phi) is 5.97. The molecule has 0 aliphatic rings. The fourth-order valence-electron chi connectivity index (χ4n) is 1.45. The van der Waals surface area contributed by atoms with Crippen molar-refractivity contribution in [2.75, 3.05) is 13.2 Å². The van der Waals surface area contributed by atoms with Gasteiger partial charge in [0.25, 0.3) is 0 Å². The van der Waals surface area contributed by atoms with E-state index < -0.39 is 5.54 Å². The summed E-state index contributed by atoms with van der Waals surface area (Å²) in [4.78, 5) is 11.6.